The second-order valence-corrected chi connectivity index (χ2v) is 10.3. The molecule has 0 radical (unpaired) electrons. The Labute approximate surface area is 236 Å². The highest BCUT2D eigenvalue weighted by Crippen LogP contribution is 2.35. The van der Waals surface area contributed by atoms with Gasteiger partial charge in [-0.2, -0.15) is 5.10 Å². The number of hydrogen-bond acceptors (Lipinski definition) is 5. The number of halogens is 1. The van der Waals surface area contributed by atoms with Crippen molar-refractivity contribution in [2.45, 2.75) is 32.2 Å². The summed E-state index contributed by atoms with van der Waals surface area (Å²) in [7, 11) is 0. The van der Waals surface area contributed by atoms with E-state index >= 15 is 4.39 Å². The van der Waals surface area contributed by atoms with Gasteiger partial charge in [-0.05, 0) is 59.7 Å². The molecule has 1 aliphatic heterocycles. The highest BCUT2D eigenvalue weighted by atomic mass is 19.1. The van der Waals surface area contributed by atoms with E-state index in [4.69, 9.17) is 5.73 Å². The summed E-state index contributed by atoms with van der Waals surface area (Å²) in [5, 5.41) is 17.7. The second kappa shape index (κ2) is 11.0. The average Bonchev–Trinajstić information content (AvgIpc) is 3.66. The third-order valence-electron chi connectivity index (χ3n) is 7.72. The highest BCUT2D eigenvalue weighted by molar-refractivity contribution is 5.95. The minimum Gasteiger partial charge on any atom is -0.508 e. The molecule has 0 unspecified atom stereocenters. The first kappa shape index (κ1) is 26.5. The van der Waals surface area contributed by atoms with Gasteiger partial charge in [0.15, 0.2) is 11.6 Å². The fourth-order valence-electron chi connectivity index (χ4n) is 5.49. The number of nitrogens with two attached hydrogens (primary N) is 1. The fourth-order valence-corrected chi connectivity index (χ4v) is 5.49. The molecular weight excluding hydrogens is 519 g/mol. The van der Waals surface area contributed by atoms with Crippen molar-refractivity contribution in [2.24, 2.45) is 5.73 Å². The van der Waals surface area contributed by atoms with Crippen molar-refractivity contribution in [3.63, 3.8) is 0 Å². The molecular formula is C32H31FN6O2. The monoisotopic (exact) mass is 550 g/mol. The Kier molecular flexibility index (Phi) is 7.11. The van der Waals surface area contributed by atoms with Crippen LogP contribution in [0.2, 0.25) is 0 Å². The normalized spacial score (nSPS) is 14.3. The summed E-state index contributed by atoms with van der Waals surface area (Å²) in [5.74, 6) is 0.222. The van der Waals surface area contributed by atoms with Crippen molar-refractivity contribution in [3.8, 4) is 28.4 Å². The number of H-pyrrole nitrogens is 2. The van der Waals surface area contributed by atoms with Gasteiger partial charge in [0.25, 0.3) is 0 Å². The summed E-state index contributed by atoms with van der Waals surface area (Å²) < 4.78 is 15.7. The molecule has 8 nitrogen and oxygen atoms in total. The number of carbonyl (C=O) groups excluding carboxylic acids is 1. The van der Waals surface area contributed by atoms with Crippen molar-refractivity contribution in [2.75, 3.05) is 13.1 Å². The number of aryl methyl sites for hydroxylation is 1. The van der Waals surface area contributed by atoms with E-state index in [0.717, 1.165) is 28.0 Å². The smallest absolute Gasteiger partial charge is 0.240 e. The molecule has 1 aliphatic rings. The number of imidazole rings is 1. The maximum Gasteiger partial charge on any atom is 0.240 e. The Morgan fingerprint density at radius 3 is 2.71 bits per heavy atom. The topological polar surface area (TPSA) is 124 Å². The SMILES string of the molecule is CCc1cc(O)ccc1-c1ccc2c(-c3ncc(C4=CCN(C(=O)[C@@H](N)Cc5ccccc5)CC4)[nH]3)[nH]nc2c1F. The van der Waals surface area contributed by atoms with E-state index in [1.165, 1.54) is 0 Å². The number of nitrogens with one attached hydrogen (secondary N) is 2. The van der Waals surface area contributed by atoms with Crippen molar-refractivity contribution in [3.05, 3.63) is 95.6 Å². The quantitative estimate of drug-likeness (QED) is 0.221. The van der Waals surface area contributed by atoms with Crippen molar-refractivity contribution >= 4 is 22.4 Å². The molecule has 208 valence electrons. The maximum absolute atomic E-state index is 15.7. The van der Waals surface area contributed by atoms with Gasteiger partial charge in [0.05, 0.1) is 17.9 Å². The molecule has 0 saturated heterocycles. The lowest BCUT2D eigenvalue weighted by molar-refractivity contribution is -0.132. The van der Waals surface area contributed by atoms with Crippen molar-refractivity contribution in [1.29, 1.82) is 0 Å². The molecule has 6 rings (SSSR count). The third-order valence-corrected chi connectivity index (χ3v) is 7.72. The number of aromatic nitrogens is 4. The number of phenolic OH excluding ortho intramolecular Hbond substituents is 1. The second-order valence-electron chi connectivity index (χ2n) is 10.3. The Morgan fingerprint density at radius 2 is 1.95 bits per heavy atom. The number of aromatic hydroxyl groups is 1. The number of benzene rings is 3. The van der Waals surface area contributed by atoms with Gasteiger partial charge in [0, 0.05) is 24.0 Å². The molecule has 5 aromatic rings. The first-order valence-corrected chi connectivity index (χ1v) is 13.7. The Hall–Kier alpha value is -4.76. The molecule has 0 fully saturated rings. The molecule has 2 aromatic heterocycles. The number of nitrogens with zero attached hydrogens (tertiary/aromatic N) is 3. The fraction of sp³-hybridized carbons (Fsp3) is 0.219. The predicted octanol–water partition coefficient (Wildman–Crippen LogP) is 5.21. The molecule has 1 amide bonds. The lowest BCUT2D eigenvalue weighted by atomic mass is 9.96. The van der Waals surface area contributed by atoms with E-state index in [1.807, 2.05) is 49.4 Å². The summed E-state index contributed by atoms with van der Waals surface area (Å²) in [5.41, 5.74) is 12.0. The molecule has 0 spiro atoms. The van der Waals surface area contributed by atoms with E-state index in [0.29, 0.717) is 54.8 Å². The number of hydrogen-bond donors (Lipinski definition) is 4. The van der Waals surface area contributed by atoms with Crippen LogP contribution in [0.15, 0.2) is 72.9 Å². The lowest BCUT2D eigenvalue weighted by Crippen LogP contribution is -2.46. The number of amides is 1. The Bertz CT molecular complexity index is 1760. The molecule has 0 bridgehead atoms. The van der Waals surface area contributed by atoms with E-state index in [-0.39, 0.29) is 17.2 Å². The molecule has 5 N–H and O–H groups in total. The van der Waals surface area contributed by atoms with Crippen LogP contribution < -0.4 is 5.73 Å². The average molecular weight is 551 g/mol. The van der Waals surface area contributed by atoms with Gasteiger partial charge < -0.3 is 20.7 Å². The molecule has 3 aromatic carbocycles. The first-order valence-electron chi connectivity index (χ1n) is 13.7. The number of aromatic amines is 2. The van der Waals surface area contributed by atoms with Crippen LogP contribution in [0.3, 0.4) is 0 Å². The summed E-state index contributed by atoms with van der Waals surface area (Å²) in [6, 6.07) is 17.7. The van der Waals surface area contributed by atoms with Gasteiger partial charge in [-0.3, -0.25) is 9.89 Å². The summed E-state index contributed by atoms with van der Waals surface area (Å²) in [6.45, 7) is 3.01. The molecule has 1 atom stereocenters. The largest absolute Gasteiger partial charge is 0.508 e. The molecule has 0 saturated carbocycles. The van der Waals surface area contributed by atoms with Crippen LogP contribution in [-0.2, 0) is 17.6 Å². The molecule has 41 heavy (non-hydrogen) atoms. The van der Waals surface area contributed by atoms with E-state index in [2.05, 4.69) is 20.2 Å². The predicted molar refractivity (Wildman–Crippen MR) is 157 cm³/mol. The molecule has 3 heterocycles. The minimum absolute atomic E-state index is 0.0573. The summed E-state index contributed by atoms with van der Waals surface area (Å²) >= 11 is 0. The third kappa shape index (κ3) is 5.12. The number of phenols is 1. The van der Waals surface area contributed by atoms with Crippen molar-refractivity contribution in [1.82, 2.24) is 25.1 Å². The van der Waals surface area contributed by atoms with Gasteiger partial charge >= 0.3 is 0 Å². The molecule has 9 heteroatoms. The zero-order chi connectivity index (χ0) is 28.5. The van der Waals surface area contributed by atoms with Gasteiger partial charge in [-0.15, -0.1) is 0 Å². The van der Waals surface area contributed by atoms with E-state index in [1.54, 1.807) is 35.4 Å². The van der Waals surface area contributed by atoms with Crippen LogP contribution in [0, 0.1) is 5.82 Å². The Balaban J connectivity index is 1.19. The standard InChI is InChI=1S/C32H31FN6O2/c1-2-20-17-22(40)8-9-23(20)24-10-11-25-29(28(24)33)37-38-30(25)31-35-18-27(36-31)21-12-14-39(15-13-21)32(41)26(34)16-19-6-4-3-5-7-19/h3-12,17-18,26,40H,2,13-16,34H2,1H3,(H,35,36)(H,37,38)/t26-/m0/s1. The number of carbonyl (C=O) groups is 1. The van der Waals surface area contributed by atoms with Crippen LogP contribution in [-0.4, -0.2) is 55.2 Å². The van der Waals surface area contributed by atoms with Gasteiger partial charge in [-0.25, -0.2) is 9.37 Å². The van der Waals surface area contributed by atoms with E-state index < -0.39 is 11.9 Å². The molecule has 0 aliphatic carbocycles. The summed E-state index contributed by atoms with van der Waals surface area (Å²) in [6.07, 6.45) is 5.60. The summed E-state index contributed by atoms with van der Waals surface area (Å²) in [4.78, 5) is 22.6. The zero-order valence-corrected chi connectivity index (χ0v) is 22.7. The number of rotatable bonds is 7. The Morgan fingerprint density at radius 1 is 1.15 bits per heavy atom. The van der Waals surface area contributed by atoms with Crippen LogP contribution in [0.1, 0.15) is 30.2 Å². The zero-order valence-electron chi connectivity index (χ0n) is 22.7. The van der Waals surface area contributed by atoms with Crippen LogP contribution >= 0.6 is 0 Å². The van der Waals surface area contributed by atoms with Gasteiger partial charge in [0.1, 0.15) is 17.0 Å². The first-order chi connectivity index (χ1) is 19.9. The maximum atomic E-state index is 15.7. The van der Waals surface area contributed by atoms with Crippen LogP contribution in [0.5, 0.6) is 5.75 Å². The highest BCUT2D eigenvalue weighted by Gasteiger charge is 2.24. The number of fused-ring (bicyclic) bond motifs is 1. The van der Waals surface area contributed by atoms with E-state index in [9.17, 15) is 9.90 Å². The van der Waals surface area contributed by atoms with Crippen LogP contribution in [0.25, 0.3) is 39.1 Å². The van der Waals surface area contributed by atoms with Crippen molar-refractivity contribution < 1.29 is 14.3 Å². The lowest BCUT2D eigenvalue weighted by Gasteiger charge is -2.28. The van der Waals surface area contributed by atoms with Gasteiger partial charge in [-0.1, -0.05) is 55.5 Å². The minimum atomic E-state index is -0.580. The van der Waals surface area contributed by atoms with Gasteiger partial charge in [0.2, 0.25) is 5.91 Å². The van der Waals surface area contributed by atoms with Crippen LogP contribution in [0.4, 0.5) is 4.39 Å².